The number of hydrogen-bond donors (Lipinski definition) is 1. The zero-order valence-corrected chi connectivity index (χ0v) is 12.9. The van der Waals surface area contributed by atoms with Crippen LogP contribution in [0.25, 0.3) is 0 Å². The van der Waals surface area contributed by atoms with Gasteiger partial charge in [-0.15, -0.1) is 11.3 Å². The van der Waals surface area contributed by atoms with Gasteiger partial charge in [-0.25, -0.2) is 0 Å². The van der Waals surface area contributed by atoms with Crippen molar-refractivity contribution in [3.05, 3.63) is 45.7 Å². The number of carbonyl (C=O) groups is 1. The quantitative estimate of drug-likeness (QED) is 0.944. The maximum absolute atomic E-state index is 12.4. The molecule has 4 nitrogen and oxygen atoms in total. The third kappa shape index (κ3) is 3.29. The van der Waals surface area contributed by atoms with E-state index in [2.05, 4.69) is 15.3 Å². The molecule has 1 aliphatic carbocycles. The average molecular weight is 301 g/mol. The van der Waals surface area contributed by atoms with Crippen molar-refractivity contribution in [3.8, 4) is 0 Å². The Morgan fingerprint density at radius 3 is 3.05 bits per heavy atom. The minimum Gasteiger partial charge on any atom is -0.349 e. The molecular formula is C16H19N3OS. The molecule has 5 heteroatoms. The summed E-state index contributed by atoms with van der Waals surface area (Å²) in [6.45, 7) is 2.01. The van der Waals surface area contributed by atoms with Gasteiger partial charge in [0.15, 0.2) is 0 Å². The number of fused-ring (bicyclic) bond motifs is 1. The Labute approximate surface area is 128 Å². The first-order chi connectivity index (χ1) is 10.2. The second kappa shape index (κ2) is 6.35. The molecule has 0 saturated heterocycles. The van der Waals surface area contributed by atoms with Crippen molar-refractivity contribution in [3.63, 3.8) is 0 Å². The second-order valence-electron chi connectivity index (χ2n) is 5.53. The maximum Gasteiger partial charge on any atom is 0.252 e. The number of hydrogen-bond acceptors (Lipinski definition) is 4. The Morgan fingerprint density at radius 2 is 2.24 bits per heavy atom. The number of rotatable bonds is 4. The number of nitrogens with zero attached hydrogens (tertiary/aromatic N) is 2. The first-order valence-electron chi connectivity index (χ1n) is 7.39. The third-order valence-corrected chi connectivity index (χ3v) is 4.90. The summed E-state index contributed by atoms with van der Waals surface area (Å²) in [5.74, 6) is 0.0470. The number of amides is 1. The van der Waals surface area contributed by atoms with Crippen molar-refractivity contribution in [2.24, 2.45) is 0 Å². The normalized spacial score (nSPS) is 15.3. The summed E-state index contributed by atoms with van der Waals surface area (Å²) in [7, 11) is 0. The molecule has 0 unspecified atom stereocenters. The molecule has 2 heterocycles. The van der Waals surface area contributed by atoms with Gasteiger partial charge < -0.3 is 5.32 Å². The lowest BCUT2D eigenvalue weighted by Gasteiger charge is -2.15. The molecule has 2 aromatic heterocycles. The molecular weight excluding hydrogens is 282 g/mol. The van der Waals surface area contributed by atoms with Gasteiger partial charge in [0.2, 0.25) is 0 Å². The summed E-state index contributed by atoms with van der Waals surface area (Å²) >= 11 is 1.73. The van der Waals surface area contributed by atoms with Crippen LogP contribution in [0, 0.1) is 0 Å². The van der Waals surface area contributed by atoms with Crippen LogP contribution >= 0.6 is 11.3 Å². The highest BCUT2D eigenvalue weighted by atomic mass is 32.1. The molecule has 1 aliphatic rings. The lowest BCUT2D eigenvalue weighted by molar-refractivity contribution is 0.0939. The second-order valence-corrected chi connectivity index (χ2v) is 6.50. The molecule has 0 saturated carbocycles. The van der Waals surface area contributed by atoms with Crippen LogP contribution in [-0.4, -0.2) is 21.9 Å². The highest BCUT2D eigenvalue weighted by Crippen LogP contribution is 2.30. The topological polar surface area (TPSA) is 54.9 Å². The molecule has 0 spiro atoms. The van der Waals surface area contributed by atoms with Crippen LogP contribution in [-0.2, 0) is 19.3 Å². The van der Waals surface area contributed by atoms with Crippen molar-refractivity contribution in [2.45, 2.75) is 45.1 Å². The van der Waals surface area contributed by atoms with Crippen molar-refractivity contribution in [1.82, 2.24) is 15.3 Å². The lowest BCUT2D eigenvalue weighted by Crippen LogP contribution is -2.34. The summed E-state index contributed by atoms with van der Waals surface area (Å²) in [5, 5.41) is 5.10. The Morgan fingerprint density at radius 1 is 1.38 bits per heavy atom. The average Bonchev–Trinajstić information content (AvgIpc) is 2.92. The van der Waals surface area contributed by atoms with Crippen molar-refractivity contribution >= 4 is 17.2 Å². The highest BCUT2D eigenvalue weighted by Gasteiger charge is 2.21. The SMILES string of the molecule is C[C@H](Cc1cnccn1)NC(=O)c1csc2c1CCCC2. The van der Waals surface area contributed by atoms with E-state index in [0.717, 1.165) is 24.1 Å². The predicted octanol–water partition coefficient (Wildman–Crippen LogP) is 2.78. The highest BCUT2D eigenvalue weighted by molar-refractivity contribution is 7.10. The van der Waals surface area contributed by atoms with Crippen LogP contribution in [0.2, 0.25) is 0 Å². The van der Waals surface area contributed by atoms with Gasteiger partial charge in [0.05, 0.1) is 11.3 Å². The van der Waals surface area contributed by atoms with E-state index in [1.165, 1.54) is 23.3 Å². The van der Waals surface area contributed by atoms with E-state index in [0.29, 0.717) is 6.42 Å². The Kier molecular flexibility index (Phi) is 4.29. The van der Waals surface area contributed by atoms with E-state index in [1.54, 1.807) is 29.9 Å². The molecule has 2 aromatic rings. The monoisotopic (exact) mass is 301 g/mol. The van der Waals surface area contributed by atoms with Gasteiger partial charge in [-0.1, -0.05) is 0 Å². The van der Waals surface area contributed by atoms with Gasteiger partial charge in [0, 0.05) is 41.3 Å². The summed E-state index contributed by atoms with van der Waals surface area (Å²) in [6.07, 6.45) is 10.4. The van der Waals surface area contributed by atoms with Gasteiger partial charge in [-0.3, -0.25) is 14.8 Å². The molecule has 21 heavy (non-hydrogen) atoms. The van der Waals surface area contributed by atoms with Gasteiger partial charge in [0.1, 0.15) is 0 Å². The van der Waals surface area contributed by atoms with Gasteiger partial charge in [-0.2, -0.15) is 0 Å². The molecule has 1 atom stereocenters. The largest absolute Gasteiger partial charge is 0.349 e. The zero-order valence-electron chi connectivity index (χ0n) is 12.1. The number of thiophene rings is 1. The summed E-state index contributed by atoms with van der Waals surface area (Å²) in [5.41, 5.74) is 3.05. The van der Waals surface area contributed by atoms with Gasteiger partial charge in [0.25, 0.3) is 5.91 Å². The first kappa shape index (κ1) is 14.2. The van der Waals surface area contributed by atoms with E-state index < -0.39 is 0 Å². The van der Waals surface area contributed by atoms with E-state index in [-0.39, 0.29) is 11.9 Å². The molecule has 0 fully saturated rings. The van der Waals surface area contributed by atoms with Crippen LogP contribution in [0.5, 0.6) is 0 Å². The molecule has 0 radical (unpaired) electrons. The molecule has 0 aromatic carbocycles. The van der Waals surface area contributed by atoms with Gasteiger partial charge >= 0.3 is 0 Å². The molecule has 110 valence electrons. The van der Waals surface area contributed by atoms with Crippen molar-refractivity contribution in [1.29, 1.82) is 0 Å². The van der Waals surface area contributed by atoms with Crippen LogP contribution < -0.4 is 5.32 Å². The van der Waals surface area contributed by atoms with E-state index in [4.69, 9.17) is 0 Å². The van der Waals surface area contributed by atoms with E-state index >= 15 is 0 Å². The summed E-state index contributed by atoms with van der Waals surface area (Å²) in [4.78, 5) is 22.1. The van der Waals surface area contributed by atoms with Crippen LogP contribution in [0.4, 0.5) is 0 Å². The fourth-order valence-corrected chi connectivity index (χ4v) is 3.91. The fourth-order valence-electron chi connectivity index (χ4n) is 2.79. The standard InChI is InChI=1S/C16H19N3OS/c1-11(8-12-9-17-6-7-18-12)19-16(20)14-10-21-15-5-3-2-4-13(14)15/h6-7,9-11H,2-5,8H2,1H3,(H,19,20)/t11-/m1/s1. The zero-order chi connectivity index (χ0) is 14.7. The van der Waals surface area contributed by atoms with E-state index in [9.17, 15) is 4.79 Å². The number of aromatic nitrogens is 2. The smallest absolute Gasteiger partial charge is 0.252 e. The molecule has 1 amide bonds. The minimum atomic E-state index is 0.0470. The number of aryl methyl sites for hydroxylation is 1. The molecule has 0 bridgehead atoms. The van der Waals surface area contributed by atoms with Gasteiger partial charge in [-0.05, 0) is 38.2 Å². The minimum absolute atomic E-state index is 0.0470. The Bertz CT molecular complexity index is 624. The van der Waals surface area contributed by atoms with Crippen LogP contribution in [0.15, 0.2) is 24.0 Å². The van der Waals surface area contributed by atoms with Crippen molar-refractivity contribution < 1.29 is 4.79 Å². The summed E-state index contributed by atoms with van der Waals surface area (Å²) < 4.78 is 0. The lowest BCUT2D eigenvalue weighted by atomic mass is 9.95. The first-order valence-corrected chi connectivity index (χ1v) is 8.27. The maximum atomic E-state index is 12.4. The number of carbonyl (C=O) groups excluding carboxylic acids is 1. The van der Waals surface area contributed by atoms with Crippen LogP contribution in [0.1, 0.15) is 46.3 Å². The van der Waals surface area contributed by atoms with Crippen molar-refractivity contribution in [2.75, 3.05) is 0 Å². The predicted molar refractivity (Wildman–Crippen MR) is 83.6 cm³/mol. The Balaban J connectivity index is 1.65. The van der Waals surface area contributed by atoms with E-state index in [1.807, 2.05) is 12.3 Å². The Hall–Kier alpha value is -1.75. The molecule has 3 rings (SSSR count). The summed E-state index contributed by atoms with van der Waals surface area (Å²) in [6, 6.07) is 0.0494. The molecule has 0 aliphatic heterocycles. The number of nitrogens with one attached hydrogen (secondary N) is 1. The third-order valence-electron chi connectivity index (χ3n) is 3.82. The van der Waals surface area contributed by atoms with Crippen LogP contribution in [0.3, 0.4) is 0 Å². The molecule has 1 N–H and O–H groups in total. The fraction of sp³-hybridized carbons (Fsp3) is 0.438.